The molecule has 0 aromatic heterocycles. The number of anilines is 1. The molecule has 2 fully saturated rings. The lowest BCUT2D eigenvalue weighted by Crippen LogP contribution is -2.63. The van der Waals surface area contributed by atoms with Crippen molar-refractivity contribution >= 4 is 23.2 Å². The zero-order chi connectivity index (χ0) is 30.5. The third kappa shape index (κ3) is 4.00. The van der Waals surface area contributed by atoms with Crippen molar-refractivity contribution in [2.24, 2.45) is 23.0 Å². The Morgan fingerprint density at radius 2 is 1.71 bits per heavy atom. The number of piperidine rings is 1. The molecule has 5 aliphatic rings. The first-order chi connectivity index (χ1) is 19.7. The lowest BCUT2D eigenvalue weighted by molar-refractivity contribution is -0.148. The molecule has 1 spiro atoms. The van der Waals surface area contributed by atoms with Crippen LogP contribution in [0.4, 0.5) is 5.69 Å². The third-order valence-corrected chi connectivity index (χ3v) is 10.5. The fraction of sp³-hybridized carbons (Fsp3) is 0.581. The van der Waals surface area contributed by atoms with Crippen molar-refractivity contribution in [2.75, 3.05) is 46.2 Å². The maximum atomic E-state index is 14.2. The number of fused-ring (bicyclic) bond motifs is 3. The summed E-state index contributed by atoms with van der Waals surface area (Å²) in [5.41, 5.74) is 4.42. The van der Waals surface area contributed by atoms with Gasteiger partial charge in [-0.25, -0.2) is 0 Å². The summed E-state index contributed by atoms with van der Waals surface area (Å²) >= 11 is 0. The Morgan fingerprint density at radius 3 is 2.26 bits per heavy atom. The summed E-state index contributed by atoms with van der Waals surface area (Å²) in [6.07, 6.45) is 5.15. The van der Waals surface area contributed by atoms with E-state index in [2.05, 4.69) is 4.90 Å². The van der Waals surface area contributed by atoms with E-state index in [0.29, 0.717) is 23.1 Å². The van der Waals surface area contributed by atoms with Crippen LogP contribution in [0.3, 0.4) is 0 Å². The van der Waals surface area contributed by atoms with Gasteiger partial charge in [0.25, 0.3) is 5.91 Å². The number of likely N-dealkylation sites (tertiary alicyclic amines) is 1. The number of allylic oxidation sites excluding steroid dienone is 1. The number of carbonyl (C=O) groups is 3. The molecule has 0 bridgehead atoms. The van der Waals surface area contributed by atoms with Crippen molar-refractivity contribution in [3.8, 4) is 5.75 Å². The van der Waals surface area contributed by atoms with Gasteiger partial charge in [0, 0.05) is 43.4 Å². The Balaban J connectivity index is 1.45. The van der Waals surface area contributed by atoms with Gasteiger partial charge >= 0.3 is 0 Å². The second kappa shape index (κ2) is 9.55. The fourth-order valence-electron chi connectivity index (χ4n) is 7.98. The Morgan fingerprint density at radius 1 is 1.07 bits per heavy atom. The highest BCUT2D eigenvalue weighted by Crippen LogP contribution is 2.55. The molecule has 4 aliphatic carbocycles. The largest absolute Gasteiger partial charge is 0.510 e. The monoisotopic (exact) mass is 580 g/mol. The topological polar surface area (TPSA) is 168 Å². The highest BCUT2D eigenvalue weighted by Gasteiger charge is 2.63. The van der Waals surface area contributed by atoms with E-state index >= 15 is 0 Å². The van der Waals surface area contributed by atoms with E-state index in [0.717, 1.165) is 31.6 Å². The average molecular weight is 581 g/mol. The van der Waals surface area contributed by atoms with Crippen LogP contribution in [-0.2, 0) is 22.6 Å². The molecule has 42 heavy (non-hydrogen) atoms. The fourth-order valence-corrected chi connectivity index (χ4v) is 7.98. The zero-order valence-corrected chi connectivity index (χ0v) is 24.6. The van der Waals surface area contributed by atoms with Crippen LogP contribution >= 0.6 is 0 Å². The number of aromatic hydroxyl groups is 1. The molecule has 0 unspecified atom stereocenters. The van der Waals surface area contributed by atoms with Crippen LogP contribution in [0.25, 0.3) is 0 Å². The molecule has 1 saturated carbocycles. The van der Waals surface area contributed by atoms with E-state index in [4.69, 9.17) is 5.73 Å². The summed E-state index contributed by atoms with van der Waals surface area (Å²) in [5.74, 6) is -6.35. The number of rotatable bonds is 5. The number of Topliss-reactive ketones (excluding diaryl/α,β-unsaturated/α-hetero) is 2. The second-order valence-electron chi connectivity index (χ2n) is 13.4. The molecular formula is C31H40N4O7. The molecular weight excluding hydrogens is 540 g/mol. The van der Waals surface area contributed by atoms with Gasteiger partial charge in [0.05, 0.1) is 11.6 Å². The Labute approximate surface area is 244 Å². The van der Waals surface area contributed by atoms with Gasteiger partial charge in [0.2, 0.25) is 5.78 Å². The molecule has 11 nitrogen and oxygen atoms in total. The SMILES string of the molecule is CN(C)c1cc(CN2CCC3(CC2)CC3)c(O)c2c1C[C@H]1C[C@H]3[C@H](N(C)C)C(O)=C(C(N)=O)C(=O)[C@@]3(O)C(O)=C1C2=O. The van der Waals surface area contributed by atoms with Crippen molar-refractivity contribution < 1.29 is 34.8 Å². The number of hydrogen-bond acceptors (Lipinski definition) is 10. The van der Waals surface area contributed by atoms with Crippen molar-refractivity contribution in [1.29, 1.82) is 0 Å². The number of benzene rings is 1. The normalized spacial score (nSPS) is 30.4. The molecule has 0 radical (unpaired) electrons. The minimum atomic E-state index is -2.64. The summed E-state index contributed by atoms with van der Waals surface area (Å²) in [5, 5.41) is 45.9. The van der Waals surface area contributed by atoms with Crippen LogP contribution in [-0.4, -0.2) is 101 Å². The Kier molecular flexibility index (Phi) is 6.53. The molecule has 6 N–H and O–H groups in total. The van der Waals surface area contributed by atoms with Gasteiger partial charge in [-0.1, -0.05) is 0 Å². The van der Waals surface area contributed by atoms with Crippen molar-refractivity contribution in [2.45, 2.75) is 56.7 Å². The first-order valence-electron chi connectivity index (χ1n) is 14.6. The zero-order valence-electron chi connectivity index (χ0n) is 24.6. The number of aliphatic hydroxyl groups is 3. The predicted octanol–water partition coefficient (Wildman–Crippen LogP) is 1.56. The number of nitrogens with two attached hydrogens (primary N) is 1. The molecule has 1 aromatic carbocycles. The molecule has 1 aromatic rings. The van der Waals surface area contributed by atoms with E-state index in [9.17, 15) is 34.8 Å². The lowest BCUT2D eigenvalue weighted by Gasteiger charge is -2.50. The maximum absolute atomic E-state index is 14.2. The lowest BCUT2D eigenvalue weighted by atomic mass is 9.58. The minimum absolute atomic E-state index is 0.0626. The first kappa shape index (κ1) is 28.7. The number of primary amides is 1. The predicted molar refractivity (Wildman–Crippen MR) is 154 cm³/mol. The molecule has 1 heterocycles. The summed E-state index contributed by atoms with van der Waals surface area (Å²) in [4.78, 5) is 45.7. The van der Waals surface area contributed by atoms with Gasteiger partial charge in [-0.2, -0.15) is 0 Å². The quantitative estimate of drug-likeness (QED) is 0.323. The highest BCUT2D eigenvalue weighted by molar-refractivity contribution is 6.25. The van der Waals surface area contributed by atoms with E-state index < -0.39 is 58.0 Å². The molecule has 1 aliphatic heterocycles. The number of nitrogens with zero attached hydrogens (tertiary/aromatic N) is 3. The number of phenolic OH excluding ortho intramolecular Hbond substituents is 1. The molecule has 1 saturated heterocycles. The summed E-state index contributed by atoms with van der Waals surface area (Å²) in [6, 6.07) is 0.913. The Hall–Kier alpha value is -3.41. The van der Waals surface area contributed by atoms with Crippen molar-refractivity contribution in [1.82, 2.24) is 9.80 Å². The van der Waals surface area contributed by atoms with Crippen LogP contribution in [0.2, 0.25) is 0 Å². The Bertz CT molecular complexity index is 1460. The van der Waals surface area contributed by atoms with E-state index in [-0.39, 0.29) is 29.7 Å². The van der Waals surface area contributed by atoms with Crippen LogP contribution in [0.15, 0.2) is 28.7 Å². The minimum Gasteiger partial charge on any atom is -0.510 e. The number of carbonyl (C=O) groups excluding carboxylic acids is 3. The molecule has 4 atom stereocenters. The summed E-state index contributed by atoms with van der Waals surface area (Å²) in [7, 11) is 6.97. The van der Waals surface area contributed by atoms with Crippen molar-refractivity contribution in [3.05, 3.63) is 45.4 Å². The van der Waals surface area contributed by atoms with Crippen LogP contribution in [0.1, 0.15) is 53.6 Å². The summed E-state index contributed by atoms with van der Waals surface area (Å²) in [6.45, 7) is 2.31. The molecule has 11 heteroatoms. The maximum Gasteiger partial charge on any atom is 0.255 e. The van der Waals surface area contributed by atoms with Gasteiger partial charge in [-0.15, -0.1) is 0 Å². The molecule has 1 amide bonds. The van der Waals surface area contributed by atoms with Gasteiger partial charge in [0.1, 0.15) is 22.8 Å². The number of phenols is 1. The highest BCUT2D eigenvalue weighted by atomic mass is 16.3. The van der Waals surface area contributed by atoms with Crippen LogP contribution in [0, 0.1) is 17.3 Å². The van der Waals surface area contributed by atoms with E-state index in [1.165, 1.54) is 12.8 Å². The smallest absolute Gasteiger partial charge is 0.255 e. The standard InChI is InChI=1S/C31H40N4O7/c1-33(2)19-13-16(14-35-9-7-30(5-6-30)8-10-35)24(36)21-17(19)11-15-12-18-23(34(3)4)26(38)22(29(32)41)28(40)31(18,42)27(39)20(15)25(21)37/h13,15,18,23,36,38-39,42H,5-12,14H2,1-4H3,(H2,32,41)/t15-,18-,23-,31-/m0/s1. The number of ketones is 2. The number of aliphatic hydroxyl groups excluding tert-OH is 2. The third-order valence-electron chi connectivity index (χ3n) is 10.5. The van der Waals surface area contributed by atoms with Crippen LogP contribution < -0.4 is 10.6 Å². The van der Waals surface area contributed by atoms with Gasteiger partial charge in [0.15, 0.2) is 11.4 Å². The van der Waals surface area contributed by atoms with Crippen molar-refractivity contribution in [3.63, 3.8) is 0 Å². The molecule has 226 valence electrons. The number of amides is 1. The van der Waals surface area contributed by atoms with Crippen LogP contribution in [0.5, 0.6) is 5.75 Å². The van der Waals surface area contributed by atoms with Gasteiger partial charge in [-0.3, -0.25) is 24.2 Å². The number of hydrogen-bond donors (Lipinski definition) is 5. The van der Waals surface area contributed by atoms with E-state index in [1.54, 1.807) is 19.0 Å². The average Bonchev–Trinajstić information content (AvgIpc) is 3.67. The molecule has 6 rings (SSSR count). The second-order valence-corrected chi connectivity index (χ2v) is 13.4. The first-order valence-corrected chi connectivity index (χ1v) is 14.6. The van der Waals surface area contributed by atoms with Gasteiger partial charge in [-0.05, 0) is 88.7 Å². The van der Waals surface area contributed by atoms with Gasteiger partial charge < -0.3 is 31.1 Å². The number of likely N-dealkylation sites (N-methyl/N-ethyl adjacent to an activating group) is 1. The van der Waals surface area contributed by atoms with E-state index in [1.807, 2.05) is 25.1 Å². The summed E-state index contributed by atoms with van der Waals surface area (Å²) < 4.78 is 0.